The van der Waals surface area contributed by atoms with Crippen LogP contribution in [0.1, 0.15) is 5.56 Å². The van der Waals surface area contributed by atoms with Gasteiger partial charge in [0.05, 0.1) is 24.0 Å². The van der Waals surface area contributed by atoms with E-state index in [1.54, 1.807) is 31.4 Å². The van der Waals surface area contributed by atoms with Crippen molar-refractivity contribution in [2.45, 2.75) is 0 Å². The van der Waals surface area contributed by atoms with Crippen LogP contribution in [-0.2, 0) is 9.53 Å². The number of nitrogens with zero attached hydrogens (tertiary/aromatic N) is 1. The van der Waals surface area contributed by atoms with E-state index >= 15 is 0 Å². The van der Waals surface area contributed by atoms with Crippen molar-refractivity contribution >= 4 is 23.4 Å². The highest BCUT2D eigenvalue weighted by Gasteiger charge is 2.02. The quantitative estimate of drug-likeness (QED) is 0.783. The van der Waals surface area contributed by atoms with E-state index in [9.17, 15) is 4.79 Å². The predicted octanol–water partition coefficient (Wildman–Crippen LogP) is 1.88. The summed E-state index contributed by atoms with van der Waals surface area (Å²) < 4.78 is 4.88. The van der Waals surface area contributed by atoms with Gasteiger partial charge in [0.25, 0.3) is 0 Å². The molecule has 1 amide bonds. The number of hydrogen-bond donors (Lipinski definition) is 1. The maximum Gasteiger partial charge on any atom is 0.234 e. The average Bonchev–Trinajstić information content (AvgIpc) is 2.35. The van der Waals surface area contributed by atoms with Crippen LogP contribution in [0.3, 0.4) is 0 Å². The summed E-state index contributed by atoms with van der Waals surface area (Å²) in [7, 11) is 1.63. The first kappa shape index (κ1) is 13.6. The van der Waals surface area contributed by atoms with Crippen LogP contribution < -0.4 is 5.32 Å². The number of thioether (sulfide) groups is 1. The number of carbonyl (C=O) groups is 1. The number of nitriles is 1. The van der Waals surface area contributed by atoms with Gasteiger partial charge in [-0.1, -0.05) is 6.07 Å². The van der Waals surface area contributed by atoms with Crippen molar-refractivity contribution in [2.24, 2.45) is 0 Å². The van der Waals surface area contributed by atoms with Gasteiger partial charge in [0.1, 0.15) is 0 Å². The third-order valence-electron chi connectivity index (χ3n) is 1.94. The SMILES string of the molecule is COCCSCC(=O)Nc1cccc(C#N)c1. The van der Waals surface area contributed by atoms with Gasteiger partial charge < -0.3 is 10.1 Å². The van der Waals surface area contributed by atoms with Gasteiger partial charge in [-0.05, 0) is 18.2 Å². The van der Waals surface area contributed by atoms with Crippen molar-refractivity contribution in [1.82, 2.24) is 0 Å². The predicted molar refractivity (Wildman–Crippen MR) is 69.0 cm³/mol. The first-order valence-corrected chi connectivity index (χ1v) is 6.28. The minimum atomic E-state index is -0.0683. The third-order valence-corrected chi connectivity index (χ3v) is 2.86. The molecule has 0 saturated carbocycles. The molecule has 0 fully saturated rings. The number of benzene rings is 1. The standard InChI is InChI=1S/C12H14N2O2S/c1-16-5-6-17-9-12(15)14-11-4-2-3-10(7-11)8-13/h2-4,7H,5-6,9H2,1H3,(H,14,15). The van der Waals surface area contributed by atoms with E-state index in [1.807, 2.05) is 6.07 Å². The lowest BCUT2D eigenvalue weighted by molar-refractivity contribution is -0.113. The van der Waals surface area contributed by atoms with E-state index < -0.39 is 0 Å². The van der Waals surface area contributed by atoms with E-state index in [4.69, 9.17) is 10.00 Å². The van der Waals surface area contributed by atoms with E-state index in [1.165, 1.54) is 11.8 Å². The fraction of sp³-hybridized carbons (Fsp3) is 0.333. The van der Waals surface area contributed by atoms with E-state index in [-0.39, 0.29) is 5.91 Å². The largest absolute Gasteiger partial charge is 0.384 e. The van der Waals surface area contributed by atoms with Crippen LogP contribution >= 0.6 is 11.8 Å². The number of hydrogen-bond acceptors (Lipinski definition) is 4. The molecule has 1 aromatic rings. The normalized spacial score (nSPS) is 9.65. The lowest BCUT2D eigenvalue weighted by atomic mass is 10.2. The Morgan fingerprint density at radius 3 is 3.12 bits per heavy atom. The van der Waals surface area contributed by atoms with Gasteiger partial charge in [-0.3, -0.25) is 4.79 Å². The fourth-order valence-corrected chi connectivity index (χ4v) is 1.86. The number of anilines is 1. The van der Waals surface area contributed by atoms with Gasteiger partial charge in [-0.2, -0.15) is 5.26 Å². The van der Waals surface area contributed by atoms with Crippen LogP contribution in [0, 0.1) is 11.3 Å². The highest BCUT2D eigenvalue weighted by Crippen LogP contribution is 2.10. The first-order valence-electron chi connectivity index (χ1n) is 5.13. The van der Waals surface area contributed by atoms with Crippen LogP contribution in [-0.4, -0.2) is 31.1 Å². The Balaban J connectivity index is 2.37. The van der Waals surface area contributed by atoms with Gasteiger partial charge in [0.2, 0.25) is 5.91 Å². The molecule has 0 heterocycles. The molecule has 0 bridgehead atoms. The Hall–Kier alpha value is -1.51. The fourth-order valence-electron chi connectivity index (χ4n) is 1.17. The summed E-state index contributed by atoms with van der Waals surface area (Å²) in [5.74, 6) is 1.11. The Morgan fingerprint density at radius 1 is 1.59 bits per heavy atom. The molecule has 17 heavy (non-hydrogen) atoms. The molecule has 0 radical (unpaired) electrons. The molecule has 0 saturated heterocycles. The topological polar surface area (TPSA) is 62.1 Å². The molecule has 1 N–H and O–H groups in total. The van der Waals surface area contributed by atoms with E-state index in [2.05, 4.69) is 5.32 Å². The maximum atomic E-state index is 11.5. The molecule has 0 aliphatic heterocycles. The maximum absolute atomic E-state index is 11.5. The minimum Gasteiger partial charge on any atom is -0.384 e. The third kappa shape index (κ3) is 5.38. The van der Waals surface area contributed by atoms with Gasteiger partial charge in [-0.15, -0.1) is 11.8 Å². The van der Waals surface area contributed by atoms with Gasteiger partial charge in [0, 0.05) is 18.6 Å². The molecule has 5 heteroatoms. The van der Waals surface area contributed by atoms with Crippen molar-refractivity contribution in [1.29, 1.82) is 5.26 Å². The van der Waals surface area contributed by atoms with Crippen LogP contribution in [0.15, 0.2) is 24.3 Å². The Kier molecular flexibility index (Phi) is 6.15. The van der Waals surface area contributed by atoms with Crippen molar-refractivity contribution in [2.75, 3.05) is 30.5 Å². The zero-order chi connectivity index (χ0) is 12.5. The highest BCUT2D eigenvalue weighted by atomic mass is 32.2. The molecule has 4 nitrogen and oxygen atoms in total. The van der Waals surface area contributed by atoms with Crippen LogP contribution in [0.4, 0.5) is 5.69 Å². The zero-order valence-corrected chi connectivity index (χ0v) is 10.4. The van der Waals surface area contributed by atoms with Gasteiger partial charge in [-0.25, -0.2) is 0 Å². The Bertz CT molecular complexity index is 415. The summed E-state index contributed by atoms with van der Waals surface area (Å²) in [6, 6.07) is 8.88. The number of carbonyl (C=O) groups excluding carboxylic acids is 1. The van der Waals surface area contributed by atoms with Crippen molar-refractivity contribution in [3.63, 3.8) is 0 Å². The molecular weight excluding hydrogens is 236 g/mol. The molecule has 1 rings (SSSR count). The molecule has 0 spiro atoms. The lowest BCUT2D eigenvalue weighted by Gasteiger charge is -2.05. The van der Waals surface area contributed by atoms with Gasteiger partial charge in [0.15, 0.2) is 0 Å². The first-order chi connectivity index (χ1) is 8.26. The van der Waals surface area contributed by atoms with Crippen molar-refractivity contribution in [3.05, 3.63) is 29.8 Å². The summed E-state index contributed by atoms with van der Waals surface area (Å²) in [5.41, 5.74) is 1.19. The Morgan fingerprint density at radius 2 is 2.41 bits per heavy atom. The summed E-state index contributed by atoms with van der Waals surface area (Å²) in [5, 5.41) is 11.5. The summed E-state index contributed by atoms with van der Waals surface area (Å²) in [6.07, 6.45) is 0. The van der Waals surface area contributed by atoms with Crippen LogP contribution in [0.25, 0.3) is 0 Å². The van der Waals surface area contributed by atoms with Crippen LogP contribution in [0.5, 0.6) is 0 Å². The van der Waals surface area contributed by atoms with Crippen molar-refractivity contribution < 1.29 is 9.53 Å². The smallest absolute Gasteiger partial charge is 0.234 e. The molecule has 0 aromatic heterocycles. The number of nitrogens with one attached hydrogen (secondary N) is 1. The minimum absolute atomic E-state index is 0.0683. The molecule has 90 valence electrons. The second-order valence-corrected chi connectivity index (χ2v) is 4.39. The Labute approximate surface area is 105 Å². The molecule has 0 aliphatic rings. The summed E-state index contributed by atoms with van der Waals surface area (Å²) in [4.78, 5) is 11.5. The number of ether oxygens (including phenoxy) is 1. The number of methoxy groups -OCH3 is 1. The monoisotopic (exact) mass is 250 g/mol. The van der Waals surface area contributed by atoms with Crippen molar-refractivity contribution in [3.8, 4) is 6.07 Å². The molecule has 0 aliphatic carbocycles. The van der Waals surface area contributed by atoms with E-state index in [0.717, 1.165) is 5.75 Å². The molecule has 0 atom stereocenters. The highest BCUT2D eigenvalue weighted by molar-refractivity contribution is 7.99. The van der Waals surface area contributed by atoms with E-state index in [0.29, 0.717) is 23.6 Å². The molecule has 1 aromatic carbocycles. The van der Waals surface area contributed by atoms with Gasteiger partial charge >= 0.3 is 0 Å². The molecular formula is C12H14N2O2S. The zero-order valence-electron chi connectivity index (χ0n) is 9.60. The summed E-state index contributed by atoms with van der Waals surface area (Å²) in [6.45, 7) is 0.641. The second kappa shape index (κ2) is 7.71. The number of rotatable bonds is 6. The average molecular weight is 250 g/mol. The lowest BCUT2D eigenvalue weighted by Crippen LogP contribution is -2.14. The molecule has 0 unspecified atom stereocenters. The number of amides is 1. The van der Waals surface area contributed by atoms with Crippen LogP contribution in [0.2, 0.25) is 0 Å². The summed E-state index contributed by atoms with van der Waals surface area (Å²) >= 11 is 1.51. The second-order valence-electron chi connectivity index (χ2n) is 3.29.